The van der Waals surface area contributed by atoms with Crippen LogP contribution < -0.4 is 10.9 Å². The molecule has 2 rings (SSSR count). The van der Waals surface area contributed by atoms with E-state index in [-0.39, 0.29) is 24.4 Å². The van der Waals surface area contributed by atoms with Gasteiger partial charge in [-0.05, 0) is 18.1 Å². The first-order valence-electron chi connectivity index (χ1n) is 6.45. The fourth-order valence-electron chi connectivity index (χ4n) is 1.91. The van der Waals surface area contributed by atoms with Gasteiger partial charge in [0.05, 0.1) is 0 Å². The molecule has 2 aromatic rings. The van der Waals surface area contributed by atoms with Gasteiger partial charge in [0.2, 0.25) is 0 Å². The highest BCUT2D eigenvalue weighted by Gasteiger charge is 2.14. The fourth-order valence-corrected chi connectivity index (χ4v) is 1.91. The minimum Gasteiger partial charge on any atom is -0.481 e. The molecule has 0 aliphatic rings. The highest BCUT2D eigenvalue weighted by atomic mass is 16.4. The van der Waals surface area contributed by atoms with E-state index in [1.165, 1.54) is 16.8 Å². The SMILES string of the molecule is CC(CNC(=O)c1cnc2ccccn2c1=O)CC(=O)O. The molecule has 0 spiro atoms. The van der Waals surface area contributed by atoms with Crippen LogP contribution in [-0.4, -0.2) is 32.9 Å². The summed E-state index contributed by atoms with van der Waals surface area (Å²) in [6.45, 7) is 1.89. The van der Waals surface area contributed by atoms with E-state index in [4.69, 9.17) is 5.11 Å². The van der Waals surface area contributed by atoms with Gasteiger partial charge in [0.15, 0.2) is 0 Å². The Hall–Kier alpha value is -2.70. The predicted molar refractivity (Wildman–Crippen MR) is 75.2 cm³/mol. The van der Waals surface area contributed by atoms with E-state index in [0.717, 1.165) is 0 Å². The first-order valence-corrected chi connectivity index (χ1v) is 6.45. The molecule has 21 heavy (non-hydrogen) atoms. The van der Waals surface area contributed by atoms with Crippen LogP contribution in [0.2, 0.25) is 0 Å². The first-order chi connectivity index (χ1) is 9.99. The van der Waals surface area contributed by atoms with E-state index in [9.17, 15) is 14.4 Å². The zero-order valence-electron chi connectivity index (χ0n) is 11.4. The highest BCUT2D eigenvalue weighted by Crippen LogP contribution is 2.01. The molecular formula is C14H15N3O4. The number of carbonyl (C=O) groups excluding carboxylic acids is 1. The number of amides is 1. The molecule has 0 aliphatic carbocycles. The summed E-state index contributed by atoms with van der Waals surface area (Å²) in [5, 5.41) is 11.2. The maximum absolute atomic E-state index is 12.2. The summed E-state index contributed by atoms with van der Waals surface area (Å²) in [5.74, 6) is -1.70. The molecule has 1 unspecified atom stereocenters. The quantitative estimate of drug-likeness (QED) is 0.836. The van der Waals surface area contributed by atoms with E-state index >= 15 is 0 Å². The maximum atomic E-state index is 12.2. The first kappa shape index (κ1) is 14.7. The van der Waals surface area contributed by atoms with E-state index in [1.54, 1.807) is 25.1 Å². The normalized spacial score (nSPS) is 12.0. The highest BCUT2D eigenvalue weighted by molar-refractivity contribution is 5.93. The average Bonchev–Trinajstić information content (AvgIpc) is 2.45. The van der Waals surface area contributed by atoms with Crippen molar-refractivity contribution in [3.05, 3.63) is 46.5 Å². The Bertz CT molecular complexity index is 738. The Labute approximate surface area is 120 Å². The van der Waals surface area contributed by atoms with Gasteiger partial charge in [0, 0.05) is 25.4 Å². The maximum Gasteiger partial charge on any atom is 0.303 e. The van der Waals surface area contributed by atoms with Gasteiger partial charge < -0.3 is 10.4 Å². The summed E-state index contributed by atoms with van der Waals surface area (Å²) in [5.41, 5.74) is -0.0662. The second kappa shape index (κ2) is 6.17. The number of pyridine rings is 1. The topological polar surface area (TPSA) is 101 Å². The summed E-state index contributed by atoms with van der Waals surface area (Å²) in [6, 6.07) is 5.08. The standard InChI is InChI=1S/C14H15N3O4/c1-9(6-12(18)19)7-16-13(20)10-8-15-11-4-2-3-5-17(11)14(10)21/h2-5,8-9H,6-7H2,1H3,(H,16,20)(H,18,19). The number of carbonyl (C=O) groups is 2. The fraction of sp³-hybridized carbons (Fsp3) is 0.286. The van der Waals surface area contributed by atoms with Crippen LogP contribution >= 0.6 is 0 Å². The van der Waals surface area contributed by atoms with Crippen LogP contribution in [0, 0.1) is 5.92 Å². The van der Waals surface area contributed by atoms with Gasteiger partial charge in [0.25, 0.3) is 11.5 Å². The van der Waals surface area contributed by atoms with Crippen molar-refractivity contribution in [1.82, 2.24) is 14.7 Å². The summed E-state index contributed by atoms with van der Waals surface area (Å²) < 4.78 is 1.29. The Morgan fingerprint density at radius 2 is 2.19 bits per heavy atom. The summed E-state index contributed by atoms with van der Waals surface area (Å²) >= 11 is 0. The molecule has 0 saturated carbocycles. The van der Waals surface area contributed by atoms with Crippen molar-refractivity contribution in [1.29, 1.82) is 0 Å². The lowest BCUT2D eigenvalue weighted by molar-refractivity contribution is -0.137. The number of nitrogens with zero attached hydrogens (tertiary/aromatic N) is 2. The Kier molecular flexibility index (Phi) is 4.32. The molecule has 2 aromatic heterocycles. The second-order valence-electron chi connectivity index (χ2n) is 4.82. The van der Waals surface area contributed by atoms with Crippen LogP contribution in [0.15, 0.2) is 35.4 Å². The molecule has 0 aromatic carbocycles. The molecule has 2 N–H and O–H groups in total. The zero-order valence-corrected chi connectivity index (χ0v) is 11.4. The lowest BCUT2D eigenvalue weighted by Gasteiger charge is -2.10. The molecule has 0 aliphatic heterocycles. The third-order valence-electron chi connectivity index (χ3n) is 2.99. The summed E-state index contributed by atoms with van der Waals surface area (Å²) in [7, 11) is 0. The molecule has 1 amide bonds. The van der Waals surface area contributed by atoms with Crippen LogP contribution in [-0.2, 0) is 4.79 Å². The smallest absolute Gasteiger partial charge is 0.303 e. The van der Waals surface area contributed by atoms with Crippen LogP contribution in [0.1, 0.15) is 23.7 Å². The van der Waals surface area contributed by atoms with Crippen molar-refractivity contribution in [2.45, 2.75) is 13.3 Å². The number of rotatable bonds is 5. The van der Waals surface area contributed by atoms with E-state index in [0.29, 0.717) is 5.65 Å². The predicted octanol–water partition coefficient (Wildman–Crippen LogP) is 0.535. The third kappa shape index (κ3) is 3.44. The minimum atomic E-state index is -0.927. The average molecular weight is 289 g/mol. The number of hydrogen-bond acceptors (Lipinski definition) is 4. The number of nitrogens with one attached hydrogen (secondary N) is 1. The van der Waals surface area contributed by atoms with Crippen LogP contribution in [0.3, 0.4) is 0 Å². The van der Waals surface area contributed by atoms with E-state index in [1.807, 2.05) is 0 Å². The van der Waals surface area contributed by atoms with Crippen molar-refractivity contribution in [2.24, 2.45) is 5.92 Å². The number of aromatic nitrogens is 2. The molecule has 2 heterocycles. The van der Waals surface area contributed by atoms with E-state index in [2.05, 4.69) is 10.3 Å². The number of aliphatic carboxylic acids is 1. The van der Waals surface area contributed by atoms with Crippen molar-refractivity contribution < 1.29 is 14.7 Å². The van der Waals surface area contributed by atoms with Crippen molar-refractivity contribution in [2.75, 3.05) is 6.54 Å². The van der Waals surface area contributed by atoms with Gasteiger partial charge >= 0.3 is 5.97 Å². The summed E-state index contributed by atoms with van der Waals surface area (Å²) in [6.07, 6.45) is 2.72. The number of carboxylic acid groups (broad SMARTS) is 1. The summed E-state index contributed by atoms with van der Waals surface area (Å²) in [4.78, 5) is 38.7. The van der Waals surface area contributed by atoms with Gasteiger partial charge in [-0.15, -0.1) is 0 Å². The lowest BCUT2D eigenvalue weighted by Crippen LogP contribution is -2.34. The van der Waals surface area contributed by atoms with Gasteiger partial charge in [-0.3, -0.25) is 18.8 Å². The number of hydrogen-bond donors (Lipinski definition) is 2. The van der Waals surface area contributed by atoms with Gasteiger partial charge in [-0.2, -0.15) is 0 Å². The van der Waals surface area contributed by atoms with Gasteiger partial charge in [0.1, 0.15) is 11.2 Å². The monoisotopic (exact) mass is 289 g/mol. The molecule has 0 fully saturated rings. The molecule has 110 valence electrons. The third-order valence-corrected chi connectivity index (χ3v) is 2.99. The Balaban J connectivity index is 2.15. The molecular weight excluding hydrogens is 274 g/mol. The van der Waals surface area contributed by atoms with Crippen LogP contribution in [0.4, 0.5) is 0 Å². The van der Waals surface area contributed by atoms with Gasteiger partial charge in [-0.25, -0.2) is 4.98 Å². The molecule has 0 saturated heterocycles. The lowest BCUT2D eigenvalue weighted by atomic mass is 10.1. The minimum absolute atomic E-state index is 0.0464. The Morgan fingerprint density at radius 1 is 1.43 bits per heavy atom. The Morgan fingerprint density at radius 3 is 2.90 bits per heavy atom. The van der Waals surface area contributed by atoms with Crippen molar-refractivity contribution in [3.63, 3.8) is 0 Å². The van der Waals surface area contributed by atoms with Gasteiger partial charge in [-0.1, -0.05) is 13.0 Å². The molecule has 7 nitrogen and oxygen atoms in total. The molecule has 1 atom stereocenters. The molecule has 7 heteroatoms. The van der Waals surface area contributed by atoms with Crippen LogP contribution in [0.5, 0.6) is 0 Å². The number of carboxylic acids is 1. The number of fused-ring (bicyclic) bond motifs is 1. The second-order valence-corrected chi connectivity index (χ2v) is 4.82. The zero-order chi connectivity index (χ0) is 15.4. The molecule has 0 radical (unpaired) electrons. The van der Waals surface area contributed by atoms with Crippen LogP contribution in [0.25, 0.3) is 5.65 Å². The largest absolute Gasteiger partial charge is 0.481 e. The van der Waals surface area contributed by atoms with Crippen molar-refractivity contribution in [3.8, 4) is 0 Å². The molecule has 0 bridgehead atoms. The van der Waals surface area contributed by atoms with Crippen molar-refractivity contribution >= 4 is 17.5 Å². The van der Waals surface area contributed by atoms with E-state index < -0.39 is 17.4 Å².